The lowest BCUT2D eigenvalue weighted by molar-refractivity contribution is -0.139. The van der Waals surface area contributed by atoms with E-state index in [-0.39, 0.29) is 12.2 Å². The Bertz CT molecular complexity index is 790. The molecule has 138 valence electrons. The largest absolute Gasteiger partial charge is 0.490 e. The van der Waals surface area contributed by atoms with Gasteiger partial charge in [-0.2, -0.15) is 0 Å². The van der Waals surface area contributed by atoms with Gasteiger partial charge in [-0.1, -0.05) is 6.08 Å². The van der Waals surface area contributed by atoms with Crippen molar-refractivity contribution in [3.8, 4) is 11.5 Å². The molecule has 1 fully saturated rings. The molecule has 0 radical (unpaired) electrons. The van der Waals surface area contributed by atoms with Crippen molar-refractivity contribution >= 4 is 46.6 Å². The lowest BCUT2D eigenvalue weighted by Crippen LogP contribution is -2.30. The first-order valence-electron chi connectivity index (χ1n) is 7.63. The Hall–Kier alpha value is -2.56. The summed E-state index contributed by atoms with van der Waals surface area (Å²) in [4.78, 5) is 35.8. The van der Waals surface area contributed by atoms with Gasteiger partial charge in [-0.05, 0) is 53.3 Å². The van der Waals surface area contributed by atoms with Gasteiger partial charge in [-0.3, -0.25) is 9.69 Å². The van der Waals surface area contributed by atoms with E-state index in [4.69, 9.17) is 14.6 Å². The number of carbonyl (C=O) groups excluding carboxylic acids is 2. The molecule has 2 rings (SSSR count). The fourth-order valence-electron chi connectivity index (χ4n) is 2.24. The number of ether oxygens (including phenoxy) is 2. The number of nitrogens with one attached hydrogen (secondary N) is 1. The van der Waals surface area contributed by atoms with Crippen molar-refractivity contribution in [3.05, 3.63) is 39.6 Å². The number of carbonyl (C=O) groups is 3. The molecule has 2 N–H and O–H groups in total. The molecule has 1 heterocycles. The lowest BCUT2D eigenvalue weighted by Gasteiger charge is -2.13. The number of benzene rings is 1. The maximum atomic E-state index is 12.3. The predicted octanol–water partition coefficient (Wildman–Crippen LogP) is 2.23. The van der Waals surface area contributed by atoms with Gasteiger partial charge in [-0.15, -0.1) is 6.58 Å². The quantitative estimate of drug-likeness (QED) is 0.260. The Balaban J connectivity index is 2.35. The van der Waals surface area contributed by atoms with Gasteiger partial charge in [0.2, 0.25) is 0 Å². The third kappa shape index (κ3) is 4.54. The summed E-state index contributed by atoms with van der Waals surface area (Å²) in [5.41, 5.74) is 0.735. The van der Waals surface area contributed by atoms with Crippen LogP contribution in [-0.4, -0.2) is 47.7 Å². The van der Waals surface area contributed by atoms with E-state index in [1.165, 1.54) is 12.2 Å². The first kappa shape index (κ1) is 19.8. The summed E-state index contributed by atoms with van der Waals surface area (Å²) in [6.07, 6.45) is 2.99. The normalized spacial score (nSPS) is 15.2. The van der Waals surface area contributed by atoms with E-state index in [1.807, 2.05) is 22.6 Å². The van der Waals surface area contributed by atoms with Gasteiger partial charge in [-0.25, -0.2) is 9.59 Å². The second-order valence-corrected chi connectivity index (χ2v) is 6.30. The standard InChI is InChI=1S/C17H17IN2O6/c1-3-5-20-16(23)12(19-17(20)24)7-10-6-11(18)15(26-9-14(21)22)13(8-10)25-4-2/h3,6-8H,1,4-5,9H2,2H3,(H,19,24)(H,21,22)/b12-7+. The number of hydrogen-bond acceptors (Lipinski definition) is 5. The second-order valence-electron chi connectivity index (χ2n) is 5.14. The van der Waals surface area contributed by atoms with E-state index in [0.29, 0.717) is 27.2 Å². The van der Waals surface area contributed by atoms with Crippen LogP contribution in [0.5, 0.6) is 11.5 Å². The van der Waals surface area contributed by atoms with E-state index in [9.17, 15) is 14.4 Å². The van der Waals surface area contributed by atoms with Gasteiger partial charge in [0.25, 0.3) is 5.91 Å². The molecule has 1 aliphatic rings. The van der Waals surface area contributed by atoms with Crippen LogP contribution in [0.1, 0.15) is 12.5 Å². The van der Waals surface area contributed by atoms with Crippen LogP contribution in [0.15, 0.2) is 30.5 Å². The van der Waals surface area contributed by atoms with Crippen LogP contribution in [0.2, 0.25) is 0 Å². The van der Waals surface area contributed by atoms with Crippen LogP contribution in [0.25, 0.3) is 6.08 Å². The first-order valence-corrected chi connectivity index (χ1v) is 8.71. The van der Waals surface area contributed by atoms with E-state index in [1.54, 1.807) is 19.1 Å². The van der Waals surface area contributed by atoms with Crippen molar-refractivity contribution in [1.82, 2.24) is 10.2 Å². The van der Waals surface area contributed by atoms with E-state index in [2.05, 4.69) is 11.9 Å². The highest BCUT2D eigenvalue weighted by Crippen LogP contribution is 2.35. The maximum Gasteiger partial charge on any atom is 0.341 e. The summed E-state index contributed by atoms with van der Waals surface area (Å²) in [6.45, 7) is 5.27. The van der Waals surface area contributed by atoms with E-state index in [0.717, 1.165) is 4.90 Å². The van der Waals surface area contributed by atoms with Gasteiger partial charge in [0.1, 0.15) is 5.70 Å². The number of hydrogen-bond donors (Lipinski definition) is 2. The molecule has 9 heteroatoms. The summed E-state index contributed by atoms with van der Waals surface area (Å²) < 4.78 is 11.4. The number of carboxylic acids is 1. The van der Waals surface area contributed by atoms with Crippen molar-refractivity contribution < 1.29 is 29.0 Å². The average molecular weight is 472 g/mol. The minimum absolute atomic E-state index is 0.117. The molecular weight excluding hydrogens is 455 g/mol. The van der Waals surface area contributed by atoms with Gasteiger partial charge in [0.15, 0.2) is 18.1 Å². The fraction of sp³-hybridized carbons (Fsp3) is 0.235. The van der Waals surface area contributed by atoms with E-state index >= 15 is 0 Å². The summed E-state index contributed by atoms with van der Waals surface area (Å²) in [5, 5.41) is 11.3. The Kier molecular flexibility index (Phi) is 6.61. The Morgan fingerprint density at radius 1 is 1.38 bits per heavy atom. The van der Waals surface area contributed by atoms with Gasteiger partial charge >= 0.3 is 12.0 Å². The van der Waals surface area contributed by atoms with Crippen molar-refractivity contribution in [2.75, 3.05) is 19.8 Å². The van der Waals surface area contributed by atoms with Crippen molar-refractivity contribution in [2.24, 2.45) is 0 Å². The summed E-state index contributed by atoms with van der Waals surface area (Å²) >= 11 is 1.99. The number of halogens is 1. The summed E-state index contributed by atoms with van der Waals surface area (Å²) in [5.74, 6) is -0.885. The molecule has 0 saturated carbocycles. The predicted molar refractivity (Wildman–Crippen MR) is 102 cm³/mol. The third-order valence-electron chi connectivity index (χ3n) is 3.26. The zero-order valence-electron chi connectivity index (χ0n) is 14.0. The Labute approximate surface area is 163 Å². The minimum atomic E-state index is -1.10. The average Bonchev–Trinajstić information content (AvgIpc) is 2.82. The van der Waals surface area contributed by atoms with Gasteiger partial charge in [0, 0.05) is 6.54 Å². The maximum absolute atomic E-state index is 12.3. The molecule has 3 amide bonds. The fourth-order valence-corrected chi connectivity index (χ4v) is 3.02. The van der Waals surface area contributed by atoms with Gasteiger partial charge < -0.3 is 19.9 Å². The van der Waals surface area contributed by atoms with Crippen LogP contribution >= 0.6 is 22.6 Å². The highest BCUT2D eigenvalue weighted by molar-refractivity contribution is 14.1. The summed E-state index contributed by atoms with van der Waals surface area (Å²) in [7, 11) is 0. The number of carboxylic acid groups (broad SMARTS) is 1. The number of urea groups is 1. The number of nitrogens with zero attached hydrogens (tertiary/aromatic N) is 1. The zero-order valence-corrected chi connectivity index (χ0v) is 16.1. The third-order valence-corrected chi connectivity index (χ3v) is 4.06. The van der Waals surface area contributed by atoms with Crippen LogP contribution < -0.4 is 14.8 Å². The number of imide groups is 1. The lowest BCUT2D eigenvalue weighted by atomic mass is 10.1. The van der Waals surface area contributed by atoms with E-state index < -0.39 is 24.5 Å². The number of rotatable bonds is 8. The molecule has 8 nitrogen and oxygen atoms in total. The SMILES string of the molecule is C=CCN1C(=O)N/C(=C/c2cc(I)c(OCC(=O)O)c(OCC)c2)C1=O. The van der Waals surface area contributed by atoms with Crippen LogP contribution in [0, 0.1) is 3.57 Å². The van der Waals surface area contributed by atoms with Crippen molar-refractivity contribution in [3.63, 3.8) is 0 Å². The number of amides is 3. The Morgan fingerprint density at radius 3 is 2.73 bits per heavy atom. The second kappa shape index (κ2) is 8.70. The molecule has 0 aromatic heterocycles. The molecule has 0 spiro atoms. The molecule has 26 heavy (non-hydrogen) atoms. The molecule has 0 unspecified atom stereocenters. The molecule has 1 saturated heterocycles. The first-order chi connectivity index (χ1) is 12.4. The molecule has 0 atom stereocenters. The molecule has 1 aromatic rings. The molecular formula is C17H17IN2O6. The molecule has 1 aliphatic heterocycles. The molecule has 0 bridgehead atoms. The highest BCUT2D eigenvalue weighted by Gasteiger charge is 2.32. The molecule has 1 aromatic carbocycles. The van der Waals surface area contributed by atoms with Crippen molar-refractivity contribution in [1.29, 1.82) is 0 Å². The number of aliphatic carboxylic acids is 1. The summed E-state index contributed by atoms with van der Waals surface area (Å²) in [6, 6.07) is 2.80. The van der Waals surface area contributed by atoms with Gasteiger partial charge in [0.05, 0.1) is 10.2 Å². The minimum Gasteiger partial charge on any atom is -0.490 e. The smallest absolute Gasteiger partial charge is 0.341 e. The van der Waals surface area contributed by atoms with Crippen molar-refractivity contribution in [2.45, 2.75) is 6.92 Å². The highest BCUT2D eigenvalue weighted by atomic mass is 127. The van der Waals surface area contributed by atoms with Crippen LogP contribution in [0.3, 0.4) is 0 Å². The monoisotopic (exact) mass is 472 g/mol. The van der Waals surface area contributed by atoms with Crippen LogP contribution in [-0.2, 0) is 9.59 Å². The Morgan fingerprint density at radius 2 is 2.12 bits per heavy atom. The topological polar surface area (TPSA) is 105 Å². The zero-order chi connectivity index (χ0) is 19.3. The van der Waals surface area contributed by atoms with Crippen LogP contribution in [0.4, 0.5) is 4.79 Å². The molecule has 0 aliphatic carbocycles.